The normalized spacial score (nSPS) is 16.9. The Kier molecular flexibility index (Phi) is 5.86. The number of thiophene rings is 1. The highest BCUT2D eigenvalue weighted by atomic mass is 32.1. The molecule has 3 heterocycles. The number of nitrogens with zero attached hydrogens (tertiary/aromatic N) is 2. The number of hydrogen-bond acceptors (Lipinski definition) is 4. The number of aromatic nitrogens is 1. The van der Waals surface area contributed by atoms with Gasteiger partial charge in [-0.25, -0.2) is 4.99 Å². The average Bonchev–Trinajstić information content (AvgIpc) is 3.65. The van der Waals surface area contributed by atoms with E-state index < -0.39 is 0 Å². The van der Waals surface area contributed by atoms with Gasteiger partial charge in [-0.1, -0.05) is 121 Å². The summed E-state index contributed by atoms with van der Waals surface area (Å²) in [4.78, 5) is 5.21. The molecule has 1 aliphatic heterocycles. The highest BCUT2D eigenvalue weighted by Crippen LogP contribution is 2.43. The monoisotopic (exact) mass is 584 g/mol. The Bertz CT molecular complexity index is 2350. The Morgan fingerprint density at radius 2 is 1.30 bits per heavy atom. The first kappa shape index (κ1) is 25.3. The Labute approximate surface area is 258 Å². The molecular formula is C39H28N4S. The van der Waals surface area contributed by atoms with Crippen LogP contribution in [0.5, 0.6) is 0 Å². The molecule has 8 aromatic rings. The van der Waals surface area contributed by atoms with E-state index in [9.17, 15) is 0 Å². The first-order valence-corrected chi connectivity index (χ1v) is 15.8. The summed E-state index contributed by atoms with van der Waals surface area (Å²) >= 11 is 1.88. The molecule has 2 aromatic heterocycles. The maximum Gasteiger partial charge on any atom is 0.131 e. The molecule has 0 bridgehead atoms. The lowest BCUT2D eigenvalue weighted by atomic mass is 10.1. The van der Waals surface area contributed by atoms with Crippen molar-refractivity contribution in [1.29, 1.82) is 0 Å². The Hall–Kier alpha value is -5.23. The number of amidine groups is 1. The highest BCUT2D eigenvalue weighted by molar-refractivity contribution is 7.26. The van der Waals surface area contributed by atoms with E-state index in [4.69, 9.17) is 4.99 Å². The summed E-state index contributed by atoms with van der Waals surface area (Å²) in [7, 11) is 0. The van der Waals surface area contributed by atoms with Gasteiger partial charge >= 0.3 is 0 Å². The molecule has 2 atom stereocenters. The van der Waals surface area contributed by atoms with E-state index in [0.29, 0.717) is 0 Å². The molecule has 210 valence electrons. The molecule has 5 heteroatoms. The molecule has 0 amide bonds. The van der Waals surface area contributed by atoms with Gasteiger partial charge in [-0.15, -0.1) is 11.3 Å². The minimum atomic E-state index is -0.173. The van der Waals surface area contributed by atoms with E-state index in [1.165, 1.54) is 47.5 Å². The number of para-hydroxylation sites is 1. The minimum absolute atomic E-state index is 0.0797. The van der Waals surface area contributed by atoms with Gasteiger partial charge in [0.1, 0.15) is 18.2 Å². The zero-order valence-corrected chi connectivity index (χ0v) is 24.6. The topological polar surface area (TPSA) is 41.4 Å². The van der Waals surface area contributed by atoms with Crippen LogP contribution in [0.3, 0.4) is 0 Å². The van der Waals surface area contributed by atoms with Crippen molar-refractivity contribution in [2.45, 2.75) is 12.3 Å². The molecule has 0 saturated carbocycles. The summed E-state index contributed by atoms with van der Waals surface area (Å²) in [5.41, 5.74) is 6.94. The van der Waals surface area contributed by atoms with Crippen LogP contribution in [0, 0.1) is 0 Å². The zero-order chi connectivity index (χ0) is 29.0. The molecule has 6 aromatic carbocycles. The zero-order valence-electron chi connectivity index (χ0n) is 23.8. The van der Waals surface area contributed by atoms with Crippen LogP contribution in [0.4, 0.5) is 0 Å². The van der Waals surface area contributed by atoms with Crippen molar-refractivity contribution >= 4 is 59.2 Å². The van der Waals surface area contributed by atoms with Crippen LogP contribution in [0.1, 0.15) is 29.0 Å². The van der Waals surface area contributed by atoms with Gasteiger partial charge < -0.3 is 9.88 Å². The van der Waals surface area contributed by atoms with Gasteiger partial charge in [0.2, 0.25) is 0 Å². The molecule has 0 saturated heterocycles. The summed E-state index contributed by atoms with van der Waals surface area (Å²) in [6, 6.07) is 51.9. The first-order valence-electron chi connectivity index (χ1n) is 15.0. The molecule has 0 aliphatic carbocycles. The van der Waals surface area contributed by atoms with Crippen molar-refractivity contribution in [3.8, 4) is 5.69 Å². The van der Waals surface area contributed by atoms with Gasteiger partial charge in [0.15, 0.2) is 0 Å². The Morgan fingerprint density at radius 3 is 2.14 bits per heavy atom. The summed E-state index contributed by atoms with van der Waals surface area (Å²) in [6.07, 6.45) is -0.253. The molecule has 0 radical (unpaired) electrons. The summed E-state index contributed by atoms with van der Waals surface area (Å²) < 4.78 is 5.07. The van der Waals surface area contributed by atoms with E-state index in [0.717, 1.165) is 22.6 Å². The Morgan fingerprint density at radius 1 is 0.591 bits per heavy atom. The quantitative estimate of drug-likeness (QED) is 0.216. The van der Waals surface area contributed by atoms with Crippen LogP contribution in [-0.2, 0) is 0 Å². The third kappa shape index (κ3) is 4.05. The molecular weight excluding hydrogens is 557 g/mol. The molecule has 2 unspecified atom stereocenters. The lowest BCUT2D eigenvalue weighted by molar-refractivity contribution is 0.409. The molecule has 0 spiro atoms. The minimum Gasteiger partial charge on any atom is -0.350 e. The number of nitrogens with one attached hydrogen (secondary N) is 2. The van der Waals surface area contributed by atoms with Crippen molar-refractivity contribution in [1.82, 2.24) is 15.2 Å². The van der Waals surface area contributed by atoms with Crippen molar-refractivity contribution in [2.75, 3.05) is 0 Å². The highest BCUT2D eigenvalue weighted by Gasteiger charge is 2.26. The van der Waals surface area contributed by atoms with E-state index in [1.807, 2.05) is 17.4 Å². The van der Waals surface area contributed by atoms with Gasteiger partial charge in [-0.3, -0.25) is 5.32 Å². The van der Waals surface area contributed by atoms with Gasteiger partial charge in [0.05, 0.1) is 15.7 Å². The summed E-state index contributed by atoms with van der Waals surface area (Å²) in [5, 5.41) is 12.6. The second-order valence-corrected chi connectivity index (χ2v) is 12.3. The van der Waals surface area contributed by atoms with Gasteiger partial charge in [-0.2, -0.15) is 0 Å². The van der Waals surface area contributed by atoms with E-state index >= 15 is 0 Å². The standard InChI is InChI=1S/C39H28N4S/c1-3-12-25(13-4-1)37-40-38(26-14-5-2-6-15-26)42-39(41-37)27-16-11-17-28(24-27)43-33-20-9-7-18-29(33)31-22-23-32-30-19-8-10-21-34(30)44-36(32)35(31)43/h1-24,37-38,40H,(H,41,42). The third-order valence-corrected chi connectivity index (χ3v) is 9.86. The fraction of sp³-hybridized carbons (Fsp3) is 0.0513. The number of hydrogen-bond donors (Lipinski definition) is 2. The van der Waals surface area contributed by atoms with Crippen LogP contribution in [0.15, 0.2) is 151 Å². The number of fused-ring (bicyclic) bond motifs is 7. The van der Waals surface area contributed by atoms with Crippen LogP contribution < -0.4 is 10.6 Å². The Balaban J connectivity index is 1.24. The second-order valence-electron chi connectivity index (χ2n) is 11.3. The molecule has 4 nitrogen and oxygen atoms in total. The molecule has 9 rings (SSSR count). The second kappa shape index (κ2) is 10.2. The van der Waals surface area contributed by atoms with Gasteiger partial charge in [0.25, 0.3) is 0 Å². The van der Waals surface area contributed by atoms with Crippen LogP contribution in [0.25, 0.3) is 47.7 Å². The van der Waals surface area contributed by atoms with Crippen LogP contribution in [0.2, 0.25) is 0 Å². The van der Waals surface area contributed by atoms with E-state index in [-0.39, 0.29) is 12.3 Å². The predicted molar refractivity (Wildman–Crippen MR) is 185 cm³/mol. The van der Waals surface area contributed by atoms with Crippen molar-refractivity contribution in [2.24, 2.45) is 4.99 Å². The molecule has 1 aliphatic rings. The fourth-order valence-corrected chi connectivity index (χ4v) is 7.86. The van der Waals surface area contributed by atoms with Crippen molar-refractivity contribution < 1.29 is 0 Å². The molecule has 2 N–H and O–H groups in total. The lowest BCUT2D eigenvalue weighted by Crippen LogP contribution is -2.44. The maximum atomic E-state index is 5.21. The largest absolute Gasteiger partial charge is 0.350 e. The van der Waals surface area contributed by atoms with E-state index in [2.05, 4.69) is 155 Å². The molecule has 0 fully saturated rings. The van der Waals surface area contributed by atoms with Crippen molar-refractivity contribution in [3.63, 3.8) is 0 Å². The third-order valence-electron chi connectivity index (χ3n) is 8.67. The summed E-state index contributed by atoms with van der Waals surface area (Å²) in [5.74, 6) is 0.876. The maximum absolute atomic E-state index is 5.21. The predicted octanol–water partition coefficient (Wildman–Crippen LogP) is 9.49. The van der Waals surface area contributed by atoms with Gasteiger partial charge in [0, 0.05) is 37.5 Å². The summed E-state index contributed by atoms with van der Waals surface area (Å²) in [6.45, 7) is 0. The fourth-order valence-electron chi connectivity index (χ4n) is 6.62. The van der Waals surface area contributed by atoms with Crippen molar-refractivity contribution in [3.05, 3.63) is 162 Å². The average molecular weight is 585 g/mol. The lowest BCUT2D eigenvalue weighted by Gasteiger charge is -2.32. The van der Waals surface area contributed by atoms with Gasteiger partial charge in [-0.05, 0) is 35.4 Å². The van der Waals surface area contributed by atoms with E-state index in [1.54, 1.807) is 0 Å². The molecule has 44 heavy (non-hydrogen) atoms. The number of aliphatic imine (C=N–C) groups is 1. The van der Waals surface area contributed by atoms with Crippen LogP contribution in [-0.4, -0.2) is 10.4 Å². The number of rotatable bonds is 4. The number of benzene rings is 6. The SMILES string of the molecule is c1ccc(C2N=C(c3cccc(-n4c5ccccc5c5ccc6c7ccccc7sc6c54)c3)NC(c3ccccc3)N2)cc1. The first-order chi connectivity index (χ1) is 21.8. The smallest absolute Gasteiger partial charge is 0.131 e. The van der Waals surface area contributed by atoms with Crippen LogP contribution >= 0.6 is 11.3 Å².